The SMILES string of the molecule is CCCCCCCCC/C=C/C/C=C/C/C=C/C/C=C/CCCC(=O)O[C@@H](CO)COC(=O)CCCCCCCCCCCCCCCCCCCCC. The van der Waals surface area contributed by atoms with Crippen LogP contribution < -0.4 is 0 Å². The Bertz CT molecular complexity index is 904. The summed E-state index contributed by atoms with van der Waals surface area (Å²) >= 11 is 0. The maximum Gasteiger partial charge on any atom is 0.306 e. The second kappa shape index (κ2) is 45.3. The van der Waals surface area contributed by atoms with Gasteiger partial charge in [-0.3, -0.25) is 9.59 Å². The fourth-order valence-electron chi connectivity index (χ4n) is 6.61. The number of aliphatic hydroxyl groups is 1. The number of ether oxygens (including phenoxy) is 2. The second-order valence-corrected chi connectivity index (χ2v) is 15.5. The van der Waals surface area contributed by atoms with E-state index in [1.165, 1.54) is 154 Å². The minimum atomic E-state index is -0.799. The number of rotatable bonds is 42. The van der Waals surface area contributed by atoms with E-state index in [1.807, 2.05) is 0 Å². The lowest BCUT2D eigenvalue weighted by molar-refractivity contribution is -0.161. The van der Waals surface area contributed by atoms with Gasteiger partial charge in [-0.2, -0.15) is 0 Å². The summed E-state index contributed by atoms with van der Waals surface area (Å²) in [5, 5.41) is 9.59. The van der Waals surface area contributed by atoms with Crippen LogP contribution in [0.4, 0.5) is 0 Å². The van der Waals surface area contributed by atoms with Crippen LogP contribution >= 0.6 is 0 Å². The average molecular weight is 757 g/mol. The molecule has 0 amide bonds. The van der Waals surface area contributed by atoms with Crippen molar-refractivity contribution in [3.8, 4) is 0 Å². The Morgan fingerprint density at radius 3 is 1.17 bits per heavy atom. The van der Waals surface area contributed by atoms with E-state index in [0.717, 1.165) is 44.9 Å². The molecule has 1 N–H and O–H groups in total. The molecule has 0 spiro atoms. The van der Waals surface area contributed by atoms with Gasteiger partial charge in [0.1, 0.15) is 6.61 Å². The summed E-state index contributed by atoms with van der Waals surface area (Å²) in [6.07, 6.45) is 57.7. The zero-order valence-electron chi connectivity index (χ0n) is 35.7. The third-order valence-electron chi connectivity index (χ3n) is 10.1. The van der Waals surface area contributed by atoms with Crippen LogP contribution in [0.5, 0.6) is 0 Å². The van der Waals surface area contributed by atoms with Crippen molar-refractivity contribution in [1.29, 1.82) is 0 Å². The molecule has 0 aliphatic heterocycles. The first-order valence-electron chi connectivity index (χ1n) is 23.2. The summed E-state index contributed by atoms with van der Waals surface area (Å²) in [7, 11) is 0. The summed E-state index contributed by atoms with van der Waals surface area (Å²) in [6, 6.07) is 0. The maximum absolute atomic E-state index is 12.2. The predicted molar refractivity (Wildman–Crippen MR) is 233 cm³/mol. The van der Waals surface area contributed by atoms with Crippen molar-refractivity contribution in [3.63, 3.8) is 0 Å². The normalized spacial score (nSPS) is 12.6. The number of hydrogen-bond donors (Lipinski definition) is 1. The molecule has 0 fully saturated rings. The van der Waals surface area contributed by atoms with Crippen LogP contribution in [0.25, 0.3) is 0 Å². The maximum atomic E-state index is 12.2. The van der Waals surface area contributed by atoms with E-state index in [1.54, 1.807) is 0 Å². The van der Waals surface area contributed by atoms with Crippen molar-refractivity contribution in [2.24, 2.45) is 0 Å². The summed E-state index contributed by atoms with van der Waals surface area (Å²) in [4.78, 5) is 24.3. The van der Waals surface area contributed by atoms with E-state index < -0.39 is 6.10 Å². The number of unbranched alkanes of at least 4 members (excludes halogenated alkanes) is 26. The topological polar surface area (TPSA) is 72.8 Å². The Balaban J connectivity index is 3.60. The molecule has 0 radical (unpaired) electrons. The highest BCUT2D eigenvalue weighted by molar-refractivity contribution is 5.70. The number of hydrogen-bond acceptors (Lipinski definition) is 5. The molecule has 0 bridgehead atoms. The Morgan fingerprint density at radius 1 is 0.426 bits per heavy atom. The minimum Gasteiger partial charge on any atom is -0.462 e. The van der Waals surface area contributed by atoms with Crippen molar-refractivity contribution in [2.45, 2.75) is 238 Å². The first-order valence-corrected chi connectivity index (χ1v) is 23.2. The number of aliphatic hydroxyl groups excluding tert-OH is 1. The molecule has 0 heterocycles. The lowest BCUT2D eigenvalue weighted by atomic mass is 10.0. The molecular weight excluding hydrogens is 669 g/mol. The molecule has 0 rings (SSSR count). The molecule has 1 atom stereocenters. The molecule has 5 nitrogen and oxygen atoms in total. The molecule has 314 valence electrons. The number of carbonyl (C=O) groups excluding carboxylic acids is 2. The minimum absolute atomic E-state index is 0.0857. The lowest BCUT2D eigenvalue weighted by Gasteiger charge is -2.15. The van der Waals surface area contributed by atoms with Crippen molar-refractivity contribution >= 4 is 11.9 Å². The predicted octanol–water partition coefficient (Wildman–Crippen LogP) is 15.0. The van der Waals surface area contributed by atoms with Gasteiger partial charge in [0.15, 0.2) is 6.10 Å². The quantitative estimate of drug-likeness (QED) is 0.0381. The first-order chi connectivity index (χ1) is 26.6. The Kier molecular flexibility index (Phi) is 43.5. The van der Waals surface area contributed by atoms with Gasteiger partial charge >= 0.3 is 11.9 Å². The molecule has 5 heteroatoms. The van der Waals surface area contributed by atoms with Crippen molar-refractivity contribution in [1.82, 2.24) is 0 Å². The molecule has 0 saturated heterocycles. The second-order valence-electron chi connectivity index (χ2n) is 15.5. The van der Waals surface area contributed by atoms with E-state index in [4.69, 9.17) is 9.47 Å². The zero-order chi connectivity index (χ0) is 39.3. The number of carbonyl (C=O) groups is 2. The molecule has 0 aromatic rings. The number of allylic oxidation sites excluding steroid dienone is 8. The van der Waals surface area contributed by atoms with Gasteiger partial charge in [-0.1, -0.05) is 217 Å². The molecule has 0 aromatic carbocycles. The van der Waals surface area contributed by atoms with Gasteiger partial charge in [-0.05, 0) is 51.4 Å². The van der Waals surface area contributed by atoms with Gasteiger partial charge in [0.25, 0.3) is 0 Å². The Labute approximate surface area is 335 Å². The van der Waals surface area contributed by atoms with Crippen LogP contribution in [-0.2, 0) is 19.1 Å². The van der Waals surface area contributed by atoms with Crippen molar-refractivity contribution in [2.75, 3.05) is 13.2 Å². The van der Waals surface area contributed by atoms with E-state index in [-0.39, 0.29) is 31.6 Å². The first kappa shape index (κ1) is 51.9. The van der Waals surface area contributed by atoms with Gasteiger partial charge in [0.2, 0.25) is 0 Å². The highest BCUT2D eigenvalue weighted by atomic mass is 16.6. The van der Waals surface area contributed by atoms with Crippen LogP contribution in [0.1, 0.15) is 232 Å². The van der Waals surface area contributed by atoms with E-state index >= 15 is 0 Å². The Hall–Kier alpha value is -2.14. The van der Waals surface area contributed by atoms with Gasteiger partial charge in [-0.15, -0.1) is 0 Å². The molecular formula is C49H88O5. The van der Waals surface area contributed by atoms with Gasteiger partial charge in [0, 0.05) is 12.8 Å². The third-order valence-corrected chi connectivity index (χ3v) is 10.1. The van der Waals surface area contributed by atoms with Crippen LogP contribution in [0.15, 0.2) is 48.6 Å². The van der Waals surface area contributed by atoms with Crippen LogP contribution in [0.3, 0.4) is 0 Å². The van der Waals surface area contributed by atoms with Gasteiger partial charge in [0.05, 0.1) is 6.61 Å². The summed E-state index contributed by atoms with van der Waals surface area (Å²) in [5.41, 5.74) is 0. The van der Waals surface area contributed by atoms with Gasteiger partial charge < -0.3 is 14.6 Å². The summed E-state index contributed by atoms with van der Waals surface area (Å²) < 4.78 is 10.6. The fourth-order valence-corrected chi connectivity index (χ4v) is 6.61. The van der Waals surface area contributed by atoms with Crippen molar-refractivity contribution in [3.05, 3.63) is 48.6 Å². The fraction of sp³-hybridized carbons (Fsp3) is 0.796. The third kappa shape index (κ3) is 42.6. The average Bonchev–Trinajstić information content (AvgIpc) is 3.17. The van der Waals surface area contributed by atoms with Gasteiger partial charge in [-0.25, -0.2) is 0 Å². The van der Waals surface area contributed by atoms with Crippen molar-refractivity contribution < 1.29 is 24.2 Å². The monoisotopic (exact) mass is 757 g/mol. The molecule has 0 aliphatic carbocycles. The highest BCUT2D eigenvalue weighted by Crippen LogP contribution is 2.15. The van der Waals surface area contributed by atoms with E-state index in [0.29, 0.717) is 12.8 Å². The standard InChI is InChI=1S/C49H88O5/c1-3-5-7-9-11-13-15-17-19-21-23-24-26-28-30-32-34-36-38-40-42-44-49(52)54-47(45-50)46-53-48(51)43-41-39-37-35-33-31-29-27-25-22-20-18-16-14-12-10-8-6-4-2/h19,21,24,26,30,32,36,38,47,50H,3-18,20,22-23,25,27-29,31,33-35,37,39-46H2,1-2H3/b21-19+,26-24+,32-30+,38-36+/t47-/m0/s1. The Morgan fingerprint density at radius 2 is 0.759 bits per heavy atom. The smallest absolute Gasteiger partial charge is 0.306 e. The molecule has 0 aromatic heterocycles. The lowest BCUT2D eigenvalue weighted by Crippen LogP contribution is -2.28. The molecule has 54 heavy (non-hydrogen) atoms. The molecule has 0 aliphatic rings. The van der Waals surface area contributed by atoms with E-state index in [9.17, 15) is 14.7 Å². The van der Waals surface area contributed by atoms with E-state index in [2.05, 4.69) is 62.5 Å². The van der Waals surface area contributed by atoms with Crippen LogP contribution in [0, 0.1) is 0 Å². The molecule has 0 unspecified atom stereocenters. The van der Waals surface area contributed by atoms with Crippen LogP contribution in [0.2, 0.25) is 0 Å². The zero-order valence-corrected chi connectivity index (χ0v) is 35.7. The molecule has 0 saturated carbocycles. The number of esters is 2. The summed E-state index contributed by atoms with van der Waals surface area (Å²) in [6.45, 7) is 4.11. The van der Waals surface area contributed by atoms with Crippen LogP contribution in [-0.4, -0.2) is 36.4 Å². The highest BCUT2D eigenvalue weighted by Gasteiger charge is 2.16. The summed E-state index contributed by atoms with van der Waals surface area (Å²) in [5.74, 6) is -0.648. The largest absolute Gasteiger partial charge is 0.462 e.